The van der Waals surface area contributed by atoms with Crippen molar-refractivity contribution < 1.29 is 26.7 Å². The van der Waals surface area contributed by atoms with Crippen LogP contribution >= 0.6 is 0 Å². The molecular weight excluding hydrogens is 259 g/mol. The highest BCUT2D eigenvalue weighted by atomic mass is 32.2. The predicted octanol–water partition coefficient (Wildman–Crippen LogP) is 1.57. The normalized spacial score (nSPS) is 20.5. The van der Waals surface area contributed by atoms with E-state index in [1.165, 1.54) is 0 Å². The molecule has 0 N–H and O–H groups in total. The quantitative estimate of drug-likeness (QED) is 0.578. The van der Waals surface area contributed by atoms with E-state index in [-0.39, 0.29) is 12.3 Å². The molecule has 0 heterocycles. The van der Waals surface area contributed by atoms with Crippen molar-refractivity contribution in [3.63, 3.8) is 0 Å². The molecule has 0 aromatic carbocycles. The first-order valence-electron chi connectivity index (χ1n) is 5.29. The molecule has 1 rings (SSSR count). The van der Waals surface area contributed by atoms with E-state index in [0.717, 1.165) is 32.1 Å². The molecule has 1 aliphatic carbocycles. The molecule has 0 bridgehead atoms. The van der Waals surface area contributed by atoms with Gasteiger partial charge >= 0.3 is 15.5 Å². The maximum atomic E-state index is 11.9. The van der Waals surface area contributed by atoms with Crippen LogP contribution in [-0.4, -0.2) is 19.8 Å². The van der Waals surface area contributed by atoms with Gasteiger partial charge in [0, 0.05) is 0 Å². The highest BCUT2D eigenvalue weighted by Gasteiger charge is 2.45. The van der Waals surface area contributed by atoms with Gasteiger partial charge in [0.05, 0.1) is 0 Å². The van der Waals surface area contributed by atoms with Crippen LogP contribution in [-0.2, 0) is 10.0 Å². The monoisotopic (exact) mass is 272 g/mol. The topological polar surface area (TPSA) is 69.6 Å². The van der Waals surface area contributed by atoms with E-state index in [0.29, 0.717) is 0 Å². The molecule has 0 aromatic rings. The van der Waals surface area contributed by atoms with Gasteiger partial charge in [-0.1, -0.05) is 32.1 Å². The molecule has 100 valence electrons. The number of sulfonamides is 1. The Kier molecular flexibility index (Phi) is 4.40. The van der Waals surface area contributed by atoms with Gasteiger partial charge in [-0.15, -0.1) is 0 Å². The van der Waals surface area contributed by atoms with Crippen molar-refractivity contribution in [3.05, 3.63) is 0 Å². The summed E-state index contributed by atoms with van der Waals surface area (Å²) in [5.74, 6) is -1.24. The van der Waals surface area contributed by atoms with Gasteiger partial charge in [0.15, 0.2) is 0 Å². The first kappa shape index (κ1) is 14.3. The lowest BCUT2D eigenvalue weighted by molar-refractivity contribution is -0.219. The van der Waals surface area contributed by atoms with E-state index in [4.69, 9.17) is 0 Å². The molecule has 0 unspecified atom stereocenters. The first-order valence-corrected chi connectivity index (χ1v) is 6.73. The van der Waals surface area contributed by atoms with E-state index < -0.39 is 21.4 Å². The van der Waals surface area contributed by atoms with E-state index in [9.17, 15) is 26.7 Å². The van der Waals surface area contributed by atoms with Gasteiger partial charge in [-0.3, -0.25) is 0 Å². The number of halogens is 3. The van der Waals surface area contributed by atoms with Gasteiger partial charge in [0.1, 0.15) is 0 Å². The lowest BCUT2D eigenvalue weighted by Crippen LogP contribution is -2.28. The minimum absolute atomic E-state index is 0.0385. The Balaban J connectivity index is 2.66. The number of hydrogen-bond acceptors (Lipinski definition) is 3. The summed E-state index contributed by atoms with van der Waals surface area (Å²) in [4.78, 5) is 0. The number of nitrogens with zero attached hydrogens (tertiary/aromatic N) is 1. The lowest BCUT2D eigenvalue weighted by Gasteiger charge is -2.23. The molecule has 8 heteroatoms. The fourth-order valence-electron chi connectivity index (χ4n) is 1.86. The maximum absolute atomic E-state index is 11.9. The Bertz CT molecular complexity index is 383. The van der Waals surface area contributed by atoms with Crippen LogP contribution in [0.5, 0.6) is 0 Å². The fourth-order valence-corrected chi connectivity index (χ4v) is 2.31. The second kappa shape index (κ2) is 5.24. The van der Waals surface area contributed by atoms with Crippen LogP contribution in [0.4, 0.5) is 13.2 Å². The summed E-state index contributed by atoms with van der Waals surface area (Å²) in [6, 6.07) is 0. The summed E-state index contributed by atoms with van der Waals surface area (Å²) in [5.41, 5.74) is -5.49. The average Bonchev–Trinajstić information content (AvgIpc) is 2.16. The largest absolute Gasteiger partial charge is 0.861 e. The van der Waals surface area contributed by atoms with Crippen molar-refractivity contribution in [1.29, 1.82) is 0 Å². The Morgan fingerprint density at radius 1 is 1.24 bits per heavy atom. The van der Waals surface area contributed by atoms with E-state index in [1.807, 2.05) is 0 Å². The van der Waals surface area contributed by atoms with Crippen molar-refractivity contribution >= 4 is 15.9 Å². The molecule has 0 saturated heterocycles. The van der Waals surface area contributed by atoms with Crippen LogP contribution in [0, 0.1) is 5.92 Å². The van der Waals surface area contributed by atoms with Crippen molar-refractivity contribution in [2.45, 2.75) is 44.0 Å². The average molecular weight is 272 g/mol. The highest BCUT2D eigenvalue weighted by Crippen LogP contribution is 2.28. The summed E-state index contributed by atoms with van der Waals surface area (Å²) >= 11 is 0. The van der Waals surface area contributed by atoms with E-state index in [1.54, 1.807) is 0 Å². The van der Waals surface area contributed by atoms with Gasteiger partial charge in [0.25, 0.3) is 0 Å². The van der Waals surface area contributed by atoms with Gasteiger partial charge < -0.3 is 5.11 Å². The molecule has 0 amide bonds. The maximum Gasteiger partial charge on any atom is 0.518 e. The number of rotatable bonds is 3. The zero-order valence-electron chi connectivity index (χ0n) is 9.03. The Morgan fingerprint density at radius 2 is 1.76 bits per heavy atom. The Morgan fingerprint density at radius 3 is 2.24 bits per heavy atom. The van der Waals surface area contributed by atoms with E-state index in [2.05, 4.69) is 4.40 Å². The van der Waals surface area contributed by atoms with Crippen LogP contribution in [0.25, 0.3) is 0 Å². The zero-order chi connectivity index (χ0) is 13.1. The molecule has 0 spiro atoms. The molecule has 1 aliphatic rings. The van der Waals surface area contributed by atoms with Crippen molar-refractivity contribution in [2.75, 3.05) is 0 Å². The molecule has 1 saturated carbocycles. The molecule has 1 fully saturated rings. The minimum atomic E-state index is -5.67. The van der Waals surface area contributed by atoms with Crippen LogP contribution in [0.3, 0.4) is 0 Å². The molecule has 17 heavy (non-hydrogen) atoms. The van der Waals surface area contributed by atoms with Gasteiger partial charge in [0.2, 0.25) is 0 Å². The molecule has 0 atom stereocenters. The Labute approximate surface area is 97.6 Å². The zero-order valence-corrected chi connectivity index (χ0v) is 9.85. The number of hydrogen-bond donors (Lipinski definition) is 0. The van der Waals surface area contributed by atoms with Crippen molar-refractivity contribution in [3.8, 4) is 0 Å². The van der Waals surface area contributed by atoms with Crippen molar-refractivity contribution in [2.24, 2.45) is 10.3 Å². The standard InChI is InChI=1S/C9H14F3NO3S/c10-9(11,12)17(15,16)13-8(14)6-7-4-2-1-3-5-7/h7H,1-6H2,(H,13,14)/p-1. The Hall–Kier alpha value is -0.790. The molecular formula is C9H13F3NO3S-. The van der Waals surface area contributed by atoms with Crippen LogP contribution in [0.15, 0.2) is 4.40 Å². The van der Waals surface area contributed by atoms with Crippen molar-refractivity contribution in [1.82, 2.24) is 0 Å². The predicted molar refractivity (Wildman–Crippen MR) is 53.6 cm³/mol. The summed E-state index contributed by atoms with van der Waals surface area (Å²) in [6.45, 7) is 0. The first-order chi connectivity index (χ1) is 7.72. The SMILES string of the molecule is O=S(=O)(/N=C(\[O-])CC1CCCCC1)C(F)(F)F. The summed E-state index contributed by atoms with van der Waals surface area (Å²) in [5, 5.41) is 11.1. The van der Waals surface area contributed by atoms with Crippen LogP contribution < -0.4 is 5.11 Å². The summed E-state index contributed by atoms with van der Waals surface area (Å²) in [7, 11) is -5.67. The fraction of sp³-hybridized carbons (Fsp3) is 0.889. The van der Waals surface area contributed by atoms with Gasteiger partial charge in [-0.2, -0.15) is 26.0 Å². The minimum Gasteiger partial charge on any atom is -0.861 e. The summed E-state index contributed by atoms with van der Waals surface area (Å²) < 4.78 is 59.3. The molecule has 4 nitrogen and oxygen atoms in total. The number of alkyl halides is 3. The second-order valence-electron chi connectivity index (χ2n) is 4.11. The lowest BCUT2D eigenvalue weighted by atomic mass is 9.87. The molecule has 0 radical (unpaired) electrons. The van der Waals surface area contributed by atoms with Crippen LogP contribution in [0.1, 0.15) is 38.5 Å². The molecule has 0 aliphatic heterocycles. The smallest absolute Gasteiger partial charge is 0.518 e. The third kappa shape index (κ3) is 4.18. The van der Waals surface area contributed by atoms with Crippen LogP contribution in [0.2, 0.25) is 0 Å². The third-order valence-corrected chi connectivity index (χ3v) is 3.73. The summed E-state index contributed by atoms with van der Waals surface area (Å²) in [6.07, 6.45) is 4.16. The second-order valence-corrected chi connectivity index (χ2v) is 5.71. The van der Waals surface area contributed by atoms with E-state index >= 15 is 0 Å². The molecule has 0 aromatic heterocycles. The van der Waals surface area contributed by atoms with Gasteiger partial charge in [-0.05, 0) is 18.2 Å². The van der Waals surface area contributed by atoms with Gasteiger partial charge in [-0.25, -0.2) is 0 Å². The highest BCUT2D eigenvalue weighted by molar-refractivity contribution is 7.91. The third-order valence-electron chi connectivity index (χ3n) is 2.70.